The van der Waals surface area contributed by atoms with Gasteiger partial charge in [0.15, 0.2) is 0 Å². The van der Waals surface area contributed by atoms with Crippen LogP contribution in [0, 0.1) is 0 Å². The molecule has 3 rings (SSSR count). The normalized spacial score (nSPS) is 12.5. The van der Waals surface area contributed by atoms with Gasteiger partial charge in [-0.2, -0.15) is 0 Å². The quantitative estimate of drug-likeness (QED) is 0.772. The van der Waals surface area contributed by atoms with E-state index in [-0.39, 0.29) is 6.04 Å². The smallest absolute Gasteiger partial charge is 0.147 e. The minimum absolute atomic E-state index is 0.228. The van der Waals surface area contributed by atoms with Crippen LogP contribution in [0.3, 0.4) is 0 Å². The summed E-state index contributed by atoms with van der Waals surface area (Å²) in [6.45, 7) is 2.14. The summed E-state index contributed by atoms with van der Waals surface area (Å²) in [6, 6.07) is 12.6. The highest BCUT2D eigenvalue weighted by Gasteiger charge is 2.09. The Bertz CT molecular complexity index is 648. The van der Waals surface area contributed by atoms with Crippen molar-refractivity contribution < 1.29 is 0 Å². The maximum atomic E-state index is 4.33. The topological polar surface area (TPSA) is 37.8 Å². The molecule has 1 aromatic carbocycles. The maximum absolute atomic E-state index is 4.33. The predicted molar refractivity (Wildman–Crippen MR) is 75.9 cm³/mol. The first-order chi connectivity index (χ1) is 8.84. The molecule has 18 heavy (non-hydrogen) atoms. The van der Waals surface area contributed by atoms with Crippen LogP contribution in [0.25, 0.3) is 10.2 Å². The molecule has 0 aliphatic rings. The van der Waals surface area contributed by atoms with Gasteiger partial charge in [0, 0.05) is 6.04 Å². The molecule has 3 nitrogen and oxygen atoms in total. The lowest BCUT2D eigenvalue weighted by Crippen LogP contribution is -2.07. The van der Waals surface area contributed by atoms with Crippen LogP contribution < -0.4 is 5.32 Å². The van der Waals surface area contributed by atoms with Crippen molar-refractivity contribution in [2.75, 3.05) is 5.32 Å². The van der Waals surface area contributed by atoms with Crippen LogP contribution >= 0.6 is 11.3 Å². The number of aromatic nitrogens is 2. The number of nitrogens with zero attached hydrogens (tertiary/aromatic N) is 2. The van der Waals surface area contributed by atoms with Crippen molar-refractivity contribution >= 4 is 27.4 Å². The van der Waals surface area contributed by atoms with Crippen molar-refractivity contribution in [1.82, 2.24) is 9.97 Å². The van der Waals surface area contributed by atoms with Crippen molar-refractivity contribution in [2.24, 2.45) is 0 Å². The Hall–Kier alpha value is -1.94. The third-order valence-electron chi connectivity index (χ3n) is 2.90. The van der Waals surface area contributed by atoms with Crippen LogP contribution in [-0.2, 0) is 0 Å². The Morgan fingerprint density at radius 3 is 2.78 bits per heavy atom. The number of fused-ring (bicyclic) bond motifs is 1. The lowest BCUT2D eigenvalue weighted by atomic mass is 10.1. The molecule has 0 saturated carbocycles. The number of anilines is 1. The Kier molecular flexibility index (Phi) is 2.94. The van der Waals surface area contributed by atoms with Gasteiger partial charge in [0.2, 0.25) is 0 Å². The number of nitrogens with one attached hydrogen (secondary N) is 1. The van der Waals surface area contributed by atoms with Crippen LogP contribution in [0.4, 0.5) is 5.82 Å². The lowest BCUT2D eigenvalue weighted by molar-refractivity contribution is 0.876. The van der Waals surface area contributed by atoms with E-state index < -0.39 is 0 Å². The van der Waals surface area contributed by atoms with E-state index in [1.807, 2.05) is 29.6 Å². The highest BCUT2D eigenvalue weighted by molar-refractivity contribution is 7.17. The zero-order valence-corrected chi connectivity index (χ0v) is 10.8. The molecule has 0 amide bonds. The molecular formula is C14H13N3S. The summed E-state index contributed by atoms with van der Waals surface area (Å²) in [7, 11) is 0. The number of thiophene rings is 1. The highest BCUT2D eigenvalue weighted by Crippen LogP contribution is 2.27. The molecule has 3 aromatic rings. The molecule has 0 aliphatic heterocycles. The zero-order chi connectivity index (χ0) is 12.4. The molecular weight excluding hydrogens is 242 g/mol. The number of hydrogen-bond donors (Lipinski definition) is 1. The van der Waals surface area contributed by atoms with Gasteiger partial charge < -0.3 is 5.32 Å². The summed E-state index contributed by atoms with van der Waals surface area (Å²) < 4.78 is 1.11. The van der Waals surface area contributed by atoms with Gasteiger partial charge in [-0.1, -0.05) is 30.3 Å². The number of benzene rings is 1. The fourth-order valence-electron chi connectivity index (χ4n) is 1.92. The van der Waals surface area contributed by atoms with E-state index in [4.69, 9.17) is 0 Å². The van der Waals surface area contributed by atoms with Gasteiger partial charge in [-0.3, -0.25) is 0 Å². The van der Waals surface area contributed by atoms with E-state index in [9.17, 15) is 0 Å². The van der Waals surface area contributed by atoms with Crippen LogP contribution in [0.1, 0.15) is 18.5 Å². The van der Waals surface area contributed by atoms with E-state index in [2.05, 4.69) is 34.3 Å². The van der Waals surface area contributed by atoms with Crippen molar-refractivity contribution in [1.29, 1.82) is 0 Å². The molecule has 0 aliphatic carbocycles. The molecule has 2 heterocycles. The van der Waals surface area contributed by atoms with Crippen molar-refractivity contribution in [2.45, 2.75) is 13.0 Å². The second-order valence-corrected chi connectivity index (χ2v) is 5.05. The number of hydrogen-bond acceptors (Lipinski definition) is 4. The third kappa shape index (κ3) is 2.07. The minimum Gasteiger partial charge on any atom is -0.362 e. The molecule has 2 aromatic heterocycles. The summed E-state index contributed by atoms with van der Waals surface area (Å²) in [5.74, 6) is 0.909. The second kappa shape index (κ2) is 4.74. The molecule has 0 bridgehead atoms. The van der Waals surface area contributed by atoms with Gasteiger partial charge in [0.1, 0.15) is 12.1 Å². The van der Waals surface area contributed by atoms with E-state index in [0.29, 0.717) is 0 Å². The fraction of sp³-hybridized carbons (Fsp3) is 0.143. The Balaban J connectivity index is 1.91. The molecule has 1 atom stereocenters. The second-order valence-electron chi connectivity index (χ2n) is 4.13. The van der Waals surface area contributed by atoms with Gasteiger partial charge in [-0.05, 0) is 23.9 Å². The maximum Gasteiger partial charge on any atom is 0.147 e. The van der Waals surface area contributed by atoms with Crippen LogP contribution in [-0.4, -0.2) is 9.97 Å². The first kappa shape index (κ1) is 11.2. The predicted octanol–water partition coefficient (Wildman–Crippen LogP) is 3.86. The monoisotopic (exact) mass is 255 g/mol. The molecule has 0 saturated heterocycles. The molecule has 1 N–H and O–H groups in total. The van der Waals surface area contributed by atoms with Crippen molar-refractivity contribution in [3.8, 4) is 0 Å². The van der Waals surface area contributed by atoms with E-state index >= 15 is 0 Å². The van der Waals surface area contributed by atoms with Crippen molar-refractivity contribution in [3.05, 3.63) is 53.7 Å². The zero-order valence-electron chi connectivity index (χ0n) is 10.00. The van der Waals surface area contributed by atoms with Crippen LogP contribution in [0.5, 0.6) is 0 Å². The van der Waals surface area contributed by atoms with E-state index in [1.54, 1.807) is 17.7 Å². The van der Waals surface area contributed by atoms with Crippen LogP contribution in [0.15, 0.2) is 48.1 Å². The summed E-state index contributed by atoms with van der Waals surface area (Å²) in [5, 5.41) is 5.49. The summed E-state index contributed by atoms with van der Waals surface area (Å²) >= 11 is 1.66. The lowest BCUT2D eigenvalue weighted by Gasteiger charge is -2.15. The van der Waals surface area contributed by atoms with Gasteiger partial charge in [-0.15, -0.1) is 11.3 Å². The standard InChI is InChI=1S/C14H13N3S/c1-10(11-5-3-2-4-6-11)17-14-13-12(7-8-18-13)15-9-16-14/h2-10H,1H3,(H,15,16,17). The average molecular weight is 255 g/mol. The first-order valence-corrected chi connectivity index (χ1v) is 6.72. The summed E-state index contributed by atoms with van der Waals surface area (Å²) in [4.78, 5) is 8.57. The van der Waals surface area contributed by atoms with Gasteiger partial charge >= 0.3 is 0 Å². The summed E-state index contributed by atoms with van der Waals surface area (Å²) in [5.41, 5.74) is 2.25. The van der Waals surface area contributed by atoms with Gasteiger partial charge in [0.25, 0.3) is 0 Å². The minimum atomic E-state index is 0.228. The highest BCUT2D eigenvalue weighted by atomic mass is 32.1. The van der Waals surface area contributed by atoms with E-state index in [1.165, 1.54) is 5.56 Å². The molecule has 4 heteroatoms. The molecule has 0 spiro atoms. The third-order valence-corrected chi connectivity index (χ3v) is 3.81. The molecule has 1 unspecified atom stereocenters. The number of rotatable bonds is 3. The Morgan fingerprint density at radius 1 is 1.11 bits per heavy atom. The summed E-state index contributed by atoms with van der Waals surface area (Å²) in [6.07, 6.45) is 1.61. The SMILES string of the molecule is CC(Nc1ncnc2ccsc12)c1ccccc1. The van der Waals surface area contributed by atoms with Crippen LogP contribution in [0.2, 0.25) is 0 Å². The molecule has 0 fully saturated rings. The largest absolute Gasteiger partial charge is 0.362 e. The average Bonchev–Trinajstić information content (AvgIpc) is 2.89. The van der Waals surface area contributed by atoms with Gasteiger partial charge in [-0.25, -0.2) is 9.97 Å². The van der Waals surface area contributed by atoms with Gasteiger partial charge in [0.05, 0.1) is 10.2 Å². The van der Waals surface area contributed by atoms with Crippen molar-refractivity contribution in [3.63, 3.8) is 0 Å². The molecule has 0 radical (unpaired) electrons. The Morgan fingerprint density at radius 2 is 1.94 bits per heavy atom. The fourth-order valence-corrected chi connectivity index (χ4v) is 2.72. The first-order valence-electron chi connectivity index (χ1n) is 5.84. The Labute approximate surface area is 110 Å². The van der Waals surface area contributed by atoms with E-state index in [0.717, 1.165) is 16.0 Å². The molecule has 90 valence electrons.